The average molecular weight is 299 g/mol. The Morgan fingerprint density at radius 2 is 2.10 bits per heavy atom. The number of rotatable bonds is 6. The van der Waals surface area contributed by atoms with Crippen molar-refractivity contribution in [1.29, 1.82) is 0 Å². The van der Waals surface area contributed by atoms with E-state index in [-0.39, 0.29) is 11.3 Å². The molecule has 0 atom stereocenters. The van der Waals surface area contributed by atoms with Gasteiger partial charge in [-0.3, -0.25) is 0 Å². The maximum Gasteiger partial charge on any atom is 0.205 e. The first-order chi connectivity index (χ1) is 9.24. The van der Waals surface area contributed by atoms with Crippen molar-refractivity contribution < 1.29 is 5.21 Å². The summed E-state index contributed by atoms with van der Waals surface area (Å²) in [6.07, 6.45) is 0.508. The Morgan fingerprint density at radius 1 is 1.45 bits per heavy atom. The van der Waals surface area contributed by atoms with Gasteiger partial charge >= 0.3 is 0 Å². The average Bonchev–Trinajstić information content (AvgIpc) is 2.82. The third kappa shape index (κ3) is 4.96. The zero-order chi connectivity index (χ0) is 15.3. The highest BCUT2D eigenvalue weighted by Crippen LogP contribution is 2.26. The summed E-state index contributed by atoms with van der Waals surface area (Å²) in [7, 11) is 0. The minimum absolute atomic E-state index is 0.0518. The lowest BCUT2D eigenvalue weighted by molar-refractivity contribution is 0.317. The molecule has 7 heteroatoms. The predicted molar refractivity (Wildman–Crippen MR) is 83.7 cm³/mol. The molecule has 0 spiro atoms. The maximum absolute atomic E-state index is 8.63. The molecular weight excluding hydrogens is 274 g/mol. The van der Waals surface area contributed by atoms with Gasteiger partial charge in [0.1, 0.15) is 11.7 Å². The second kappa shape index (κ2) is 6.88. The Hall–Kier alpha value is -1.37. The van der Waals surface area contributed by atoms with Crippen molar-refractivity contribution in [2.24, 2.45) is 16.8 Å². The highest BCUT2D eigenvalue weighted by molar-refractivity contribution is 7.09. The summed E-state index contributed by atoms with van der Waals surface area (Å²) >= 11 is 1.41. The molecule has 0 saturated carbocycles. The molecule has 0 radical (unpaired) electrons. The van der Waals surface area contributed by atoms with Crippen molar-refractivity contribution in [1.82, 2.24) is 9.36 Å². The largest absolute Gasteiger partial charge is 0.409 e. The molecule has 1 heterocycles. The molecule has 0 unspecified atom stereocenters. The quantitative estimate of drug-likeness (QED) is 0.364. The molecule has 0 amide bonds. The molecule has 0 aliphatic carbocycles. The Kier molecular flexibility index (Phi) is 5.74. The molecule has 0 fully saturated rings. The lowest BCUT2D eigenvalue weighted by atomic mass is 9.96. The second-order valence-corrected chi connectivity index (χ2v) is 7.06. The van der Waals surface area contributed by atoms with Gasteiger partial charge in [-0.05, 0) is 5.92 Å². The van der Waals surface area contributed by atoms with E-state index in [9.17, 15) is 0 Å². The van der Waals surface area contributed by atoms with Crippen LogP contribution in [-0.2, 0) is 5.41 Å². The number of nitrogens with two attached hydrogens (primary N) is 1. The van der Waals surface area contributed by atoms with Crippen LogP contribution in [0.3, 0.4) is 0 Å². The second-order valence-electron chi connectivity index (χ2n) is 6.33. The monoisotopic (exact) mass is 299 g/mol. The number of anilines is 1. The fraction of sp³-hybridized carbons (Fsp3) is 0.769. The van der Waals surface area contributed by atoms with E-state index in [1.165, 1.54) is 11.5 Å². The van der Waals surface area contributed by atoms with E-state index in [1.807, 2.05) is 0 Å². The van der Waals surface area contributed by atoms with Gasteiger partial charge in [-0.2, -0.15) is 4.37 Å². The van der Waals surface area contributed by atoms with Gasteiger partial charge in [0, 0.05) is 36.5 Å². The first-order valence-electron chi connectivity index (χ1n) is 6.79. The van der Waals surface area contributed by atoms with Crippen molar-refractivity contribution in [3.05, 3.63) is 5.82 Å². The van der Waals surface area contributed by atoms with Gasteiger partial charge in [-0.25, -0.2) is 4.98 Å². The number of hydrogen-bond donors (Lipinski definition) is 2. The van der Waals surface area contributed by atoms with Crippen LogP contribution in [0.5, 0.6) is 0 Å². The highest BCUT2D eigenvalue weighted by Gasteiger charge is 2.22. The molecule has 1 rings (SSSR count). The number of aromatic nitrogens is 2. The SMILES string of the molecule is CC(C)CN(CCC(N)=NO)c1nc(C(C)(C)C)ns1. The third-order valence-corrected chi connectivity index (χ3v) is 3.49. The van der Waals surface area contributed by atoms with E-state index in [0.29, 0.717) is 18.9 Å². The molecule has 0 bridgehead atoms. The summed E-state index contributed by atoms with van der Waals surface area (Å²) in [5, 5.41) is 12.5. The number of oxime groups is 1. The summed E-state index contributed by atoms with van der Waals surface area (Å²) in [6.45, 7) is 12.2. The summed E-state index contributed by atoms with van der Waals surface area (Å²) < 4.78 is 4.44. The van der Waals surface area contributed by atoms with Crippen molar-refractivity contribution in [3.8, 4) is 0 Å². The predicted octanol–water partition coefficient (Wildman–Crippen LogP) is 2.43. The molecule has 114 valence electrons. The van der Waals surface area contributed by atoms with Gasteiger partial charge in [0.05, 0.1) is 0 Å². The van der Waals surface area contributed by atoms with Crippen molar-refractivity contribution >= 4 is 22.5 Å². The van der Waals surface area contributed by atoms with E-state index >= 15 is 0 Å². The Labute approximate surface area is 124 Å². The molecular formula is C13H25N5OS. The Morgan fingerprint density at radius 3 is 2.55 bits per heavy atom. The smallest absolute Gasteiger partial charge is 0.205 e. The molecule has 6 nitrogen and oxygen atoms in total. The molecule has 0 saturated heterocycles. The van der Waals surface area contributed by atoms with Gasteiger partial charge in [0.25, 0.3) is 0 Å². The fourth-order valence-corrected chi connectivity index (χ4v) is 2.55. The Bertz CT molecular complexity index is 450. The molecule has 0 aliphatic heterocycles. The van der Waals surface area contributed by atoms with Crippen molar-refractivity contribution in [2.75, 3.05) is 18.0 Å². The van der Waals surface area contributed by atoms with Crippen LogP contribution in [0.25, 0.3) is 0 Å². The number of amidine groups is 1. The summed E-state index contributed by atoms with van der Waals surface area (Å²) in [5.41, 5.74) is 5.49. The van der Waals surface area contributed by atoms with Crippen molar-refractivity contribution in [3.63, 3.8) is 0 Å². The zero-order valence-electron chi connectivity index (χ0n) is 12.9. The van der Waals surface area contributed by atoms with Crippen LogP contribution >= 0.6 is 11.5 Å². The fourth-order valence-electron chi connectivity index (χ4n) is 1.65. The summed E-state index contributed by atoms with van der Waals surface area (Å²) in [6, 6.07) is 0. The maximum atomic E-state index is 8.63. The van der Waals surface area contributed by atoms with Crippen LogP contribution in [0.4, 0.5) is 5.13 Å². The summed E-state index contributed by atoms with van der Waals surface area (Å²) in [4.78, 5) is 6.78. The van der Waals surface area contributed by atoms with Gasteiger partial charge < -0.3 is 15.8 Å². The van der Waals surface area contributed by atoms with E-state index in [4.69, 9.17) is 10.9 Å². The van der Waals surface area contributed by atoms with Gasteiger partial charge in [0.15, 0.2) is 0 Å². The minimum atomic E-state index is -0.0518. The van der Waals surface area contributed by atoms with Crippen LogP contribution in [0.1, 0.15) is 46.9 Å². The zero-order valence-corrected chi connectivity index (χ0v) is 13.7. The van der Waals surface area contributed by atoms with Crippen LogP contribution in [0, 0.1) is 5.92 Å². The highest BCUT2D eigenvalue weighted by atomic mass is 32.1. The first kappa shape index (κ1) is 16.7. The normalized spacial score (nSPS) is 13.0. The minimum Gasteiger partial charge on any atom is -0.409 e. The van der Waals surface area contributed by atoms with Crippen LogP contribution in [-0.4, -0.2) is 33.5 Å². The number of nitrogens with zero attached hydrogens (tertiary/aromatic N) is 4. The topological polar surface area (TPSA) is 87.6 Å². The molecule has 3 N–H and O–H groups in total. The van der Waals surface area contributed by atoms with Crippen LogP contribution < -0.4 is 10.6 Å². The first-order valence-corrected chi connectivity index (χ1v) is 7.57. The molecule has 0 aliphatic rings. The lowest BCUT2D eigenvalue weighted by Crippen LogP contribution is -2.31. The van der Waals surface area contributed by atoms with Crippen molar-refractivity contribution in [2.45, 2.75) is 46.5 Å². The van der Waals surface area contributed by atoms with Gasteiger partial charge in [-0.15, -0.1) is 0 Å². The molecule has 0 aromatic carbocycles. The van der Waals surface area contributed by atoms with E-state index in [0.717, 1.165) is 17.5 Å². The number of hydrogen-bond acceptors (Lipinski definition) is 6. The standard InChI is InChI=1S/C13H25N5OS/c1-9(2)8-18(7-6-10(14)16-19)12-15-11(17-20-12)13(3,4)5/h9,19H,6-8H2,1-5H3,(H2,14,16). The van der Waals surface area contributed by atoms with Gasteiger partial charge in [0.2, 0.25) is 5.13 Å². The lowest BCUT2D eigenvalue weighted by Gasteiger charge is -2.23. The molecule has 1 aromatic heterocycles. The van der Waals surface area contributed by atoms with Crippen LogP contribution in [0.2, 0.25) is 0 Å². The van der Waals surface area contributed by atoms with E-state index in [2.05, 4.69) is 54.0 Å². The summed E-state index contributed by atoms with van der Waals surface area (Å²) in [5.74, 6) is 1.60. The van der Waals surface area contributed by atoms with Crippen LogP contribution in [0.15, 0.2) is 5.16 Å². The van der Waals surface area contributed by atoms with E-state index in [1.54, 1.807) is 0 Å². The molecule has 20 heavy (non-hydrogen) atoms. The third-order valence-electron chi connectivity index (χ3n) is 2.71. The Balaban J connectivity index is 2.84. The van der Waals surface area contributed by atoms with E-state index < -0.39 is 0 Å². The van der Waals surface area contributed by atoms with Gasteiger partial charge in [-0.1, -0.05) is 39.8 Å². The molecule has 1 aromatic rings.